The topological polar surface area (TPSA) is 107 Å². The van der Waals surface area contributed by atoms with Gasteiger partial charge in [0.05, 0.1) is 30.6 Å². The van der Waals surface area contributed by atoms with Crippen LogP contribution in [-0.2, 0) is 25.5 Å². The number of carbonyl (C=O) groups excluding carboxylic acids is 2. The predicted octanol–water partition coefficient (Wildman–Crippen LogP) is 2.89. The normalized spacial score (nSPS) is 28.3. The Bertz CT molecular complexity index is 1260. The number of carboxylic acids is 1. The first-order valence-electron chi connectivity index (χ1n) is 13.1. The molecule has 0 aliphatic carbocycles. The number of ether oxygens (including phenoxy) is 1. The SMILES string of the molecule is C=CCN(C(=O)[C@@H]1N([C@@H](CO)Cc2ccccc2)C(=O)[C@H]2[C@H](C(=O)O)[C@@H]3CC[C@]12O3)c1cc(C)ccc1C. The zero-order valence-electron chi connectivity index (χ0n) is 21.7. The van der Waals surface area contributed by atoms with E-state index in [4.69, 9.17) is 4.74 Å². The van der Waals surface area contributed by atoms with Gasteiger partial charge < -0.3 is 24.7 Å². The minimum atomic E-state index is -1.26. The van der Waals surface area contributed by atoms with Crippen molar-refractivity contribution in [2.75, 3.05) is 18.1 Å². The van der Waals surface area contributed by atoms with Crippen molar-refractivity contribution in [3.05, 3.63) is 77.9 Å². The maximum atomic E-state index is 14.6. The molecular weight excluding hydrogens is 484 g/mol. The van der Waals surface area contributed by atoms with Crippen LogP contribution < -0.4 is 4.90 Å². The van der Waals surface area contributed by atoms with Gasteiger partial charge in [-0.15, -0.1) is 6.58 Å². The fourth-order valence-corrected chi connectivity index (χ4v) is 6.78. The Morgan fingerprint density at radius 1 is 1.24 bits per heavy atom. The van der Waals surface area contributed by atoms with Gasteiger partial charge in [0, 0.05) is 12.2 Å². The average molecular weight is 519 g/mol. The van der Waals surface area contributed by atoms with Crippen LogP contribution in [0, 0.1) is 25.7 Å². The fourth-order valence-electron chi connectivity index (χ4n) is 6.78. The van der Waals surface area contributed by atoms with Crippen molar-refractivity contribution < 1.29 is 29.3 Å². The van der Waals surface area contributed by atoms with E-state index in [1.807, 2.05) is 62.4 Å². The largest absolute Gasteiger partial charge is 0.481 e. The van der Waals surface area contributed by atoms with Crippen molar-refractivity contribution in [3.8, 4) is 0 Å². The quantitative estimate of drug-likeness (QED) is 0.495. The molecule has 0 unspecified atom stereocenters. The summed E-state index contributed by atoms with van der Waals surface area (Å²) in [5.74, 6) is -3.90. The molecule has 200 valence electrons. The lowest BCUT2D eigenvalue weighted by Gasteiger charge is -2.39. The molecule has 1 spiro atoms. The van der Waals surface area contributed by atoms with E-state index >= 15 is 0 Å². The first kappa shape index (κ1) is 26.1. The molecule has 2 aromatic rings. The van der Waals surface area contributed by atoms with Crippen molar-refractivity contribution >= 4 is 23.5 Å². The molecule has 3 saturated heterocycles. The number of aliphatic hydroxyl groups excluding tert-OH is 1. The predicted molar refractivity (Wildman–Crippen MR) is 142 cm³/mol. The molecule has 0 saturated carbocycles. The molecule has 2 amide bonds. The van der Waals surface area contributed by atoms with Crippen LogP contribution in [0.3, 0.4) is 0 Å². The summed E-state index contributed by atoms with van der Waals surface area (Å²) < 4.78 is 6.36. The number of amides is 2. The third kappa shape index (κ3) is 4.03. The summed E-state index contributed by atoms with van der Waals surface area (Å²) in [6, 6.07) is 13.5. The Hall–Kier alpha value is -3.49. The molecule has 0 aromatic heterocycles. The molecule has 5 rings (SSSR count). The minimum absolute atomic E-state index is 0.205. The van der Waals surface area contributed by atoms with Crippen molar-refractivity contribution in [2.45, 2.75) is 56.9 Å². The molecule has 8 heteroatoms. The molecule has 2 N–H and O–H groups in total. The van der Waals surface area contributed by atoms with Gasteiger partial charge in [0.25, 0.3) is 5.91 Å². The second kappa shape index (κ2) is 10.0. The highest BCUT2D eigenvalue weighted by atomic mass is 16.5. The molecule has 38 heavy (non-hydrogen) atoms. The van der Waals surface area contributed by atoms with E-state index in [0.29, 0.717) is 24.9 Å². The first-order chi connectivity index (χ1) is 18.2. The Balaban J connectivity index is 1.63. The van der Waals surface area contributed by atoms with Gasteiger partial charge in [-0.2, -0.15) is 0 Å². The molecule has 3 fully saturated rings. The van der Waals surface area contributed by atoms with Gasteiger partial charge in [0.1, 0.15) is 11.6 Å². The van der Waals surface area contributed by atoms with E-state index in [-0.39, 0.29) is 19.1 Å². The number of aliphatic hydroxyl groups is 1. The third-order valence-electron chi connectivity index (χ3n) is 8.41. The van der Waals surface area contributed by atoms with Gasteiger partial charge in [0.15, 0.2) is 0 Å². The summed E-state index contributed by atoms with van der Waals surface area (Å²) in [5.41, 5.74) is 2.21. The summed E-state index contributed by atoms with van der Waals surface area (Å²) >= 11 is 0. The number of hydrogen-bond donors (Lipinski definition) is 2. The second-order valence-electron chi connectivity index (χ2n) is 10.7. The number of carbonyl (C=O) groups is 3. The van der Waals surface area contributed by atoms with Crippen molar-refractivity contribution in [1.29, 1.82) is 0 Å². The highest BCUT2D eigenvalue weighted by molar-refractivity contribution is 6.05. The van der Waals surface area contributed by atoms with E-state index in [1.165, 1.54) is 4.90 Å². The highest BCUT2D eigenvalue weighted by Crippen LogP contribution is 2.59. The maximum absolute atomic E-state index is 14.6. The maximum Gasteiger partial charge on any atom is 0.310 e. The summed E-state index contributed by atoms with van der Waals surface area (Å²) in [4.78, 5) is 44.1. The van der Waals surface area contributed by atoms with Crippen LogP contribution in [0.2, 0.25) is 0 Å². The Morgan fingerprint density at radius 2 is 1.97 bits per heavy atom. The molecule has 8 nitrogen and oxygen atoms in total. The van der Waals surface area contributed by atoms with E-state index in [1.54, 1.807) is 11.0 Å². The van der Waals surface area contributed by atoms with Crippen LogP contribution in [0.15, 0.2) is 61.2 Å². The van der Waals surface area contributed by atoms with E-state index in [2.05, 4.69) is 6.58 Å². The summed E-state index contributed by atoms with van der Waals surface area (Å²) in [5, 5.41) is 20.6. The number of fused-ring (bicyclic) bond motifs is 1. The highest BCUT2D eigenvalue weighted by Gasteiger charge is 2.75. The molecule has 3 aliphatic rings. The van der Waals surface area contributed by atoms with Gasteiger partial charge in [-0.1, -0.05) is 48.5 Å². The third-order valence-corrected chi connectivity index (χ3v) is 8.41. The van der Waals surface area contributed by atoms with Gasteiger partial charge in [-0.05, 0) is 55.9 Å². The number of aliphatic carboxylic acids is 1. The average Bonchev–Trinajstić information content (AvgIpc) is 3.55. The van der Waals surface area contributed by atoms with E-state index in [0.717, 1.165) is 16.7 Å². The fraction of sp³-hybridized carbons (Fsp3) is 0.433. The summed E-state index contributed by atoms with van der Waals surface area (Å²) in [6.07, 6.45) is 2.21. The molecule has 6 atom stereocenters. The van der Waals surface area contributed by atoms with Gasteiger partial charge >= 0.3 is 5.97 Å². The number of carboxylic acid groups (broad SMARTS) is 1. The van der Waals surface area contributed by atoms with Gasteiger partial charge in [-0.3, -0.25) is 14.4 Å². The molecule has 2 bridgehead atoms. The van der Waals surface area contributed by atoms with Crippen LogP contribution in [0.5, 0.6) is 0 Å². The number of anilines is 1. The lowest BCUT2D eigenvalue weighted by molar-refractivity contribution is -0.151. The first-order valence-corrected chi connectivity index (χ1v) is 13.1. The second-order valence-corrected chi connectivity index (χ2v) is 10.7. The monoisotopic (exact) mass is 518 g/mol. The zero-order valence-corrected chi connectivity index (χ0v) is 21.7. The Labute approximate surface area is 222 Å². The number of likely N-dealkylation sites (tertiary alicyclic amines) is 1. The Morgan fingerprint density at radius 3 is 2.63 bits per heavy atom. The van der Waals surface area contributed by atoms with Crippen molar-refractivity contribution in [1.82, 2.24) is 4.90 Å². The lowest BCUT2D eigenvalue weighted by atomic mass is 9.70. The molecule has 0 radical (unpaired) electrons. The molecular formula is C30H34N2O6. The molecule has 3 heterocycles. The number of aryl methyl sites for hydroxylation is 2. The van der Waals surface area contributed by atoms with Crippen LogP contribution in [0.4, 0.5) is 5.69 Å². The standard InChI is InChI=1S/C30H34N2O6/c1-4-14-31(22-15-18(2)10-11-19(22)3)28(35)26-30-13-12-23(38-30)24(29(36)37)25(30)27(34)32(26)21(17-33)16-20-8-6-5-7-9-20/h4-11,15,21,23-26,33H,1,12-14,16-17H2,2-3H3,(H,36,37)/t21-,23+,24-,25-,26+,30-/m1/s1. The van der Waals surface area contributed by atoms with Gasteiger partial charge in [-0.25, -0.2) is 0 Å². The smallest absolute Gasteiger partial charge is 0.310 e. The lowest BCUT2D eigenvalue weighted by Crippen LogP contribution is -2.59. The number of benzene rings is 2. The number of rotatable bonds is 9. The summed E-state index contributed by atoms with van der Waals surface area (Å²) in [7, 11) is 0. The van der Waals surface area contributed by atoms with E-state index in [9.17, 15) is 24.6 Å². The number of hydrogen-bond acceptors (Lipinski definition) is 5. The van der Waals surface area contributed by atoms with Crippen LogP contribution in [-0.4, -0.2) is 69.8 Å². The van der Waals surface area contributed by atoms with Crippen LogP contribution >= 0.6 is 0 Å². The zero-order chi connectivity index (χ0) is 27.2. The van der Waals surface area contributed by atoms with Crippen LogP contribution in [0.25, 0.3) is 0 Å². The molecule has 3 aliphatic heterocycles. The molecule has 2 aromatic carbocycles. The van der Waals surface area contributed by atoms with Crippen LogP contribution in [0.1, 0.15) is 29.5 Å². The summed E-state index contributed by atoms with van der Waals surface area (Å²) in [6.45, 7) is 7.54. The minimum Gasteiger partial charge on any atom is -0.481 e. The van der Waals surface area contributed by atoms with E-state index < -0.39 is 47.5 Å². The van der Waals surface area contributed by atoms with Gasteiger partial charge in [0.2, 0.25) is 5.91 Å². The van der Waals surface area contributed by atoms with Crippen molar-refractivity contribution in [2.24, 2.45) is 11.8 Å². The Kier molecular flexibility index (Phi) is 6.88. The number of nitrogens with zero attached hydrogens (tertiary/aromatic N) is 2. The van der Waals surface area contributed by atoms with Crippen molar-refractivity contribution in [3.63, 3.8) is 0 Å².